The predicted octanol–water partition coefficient (Wildman–Crippen LogP) is -0.217. The zero-order valence-corrected chi connectivity index (χ0v) is 7.98. The number of nitrogens with one attached hydrogen (secondary N) is 1. The summed E-state index contributed by atoms with van der Waals surface area (Å²) in [6.07, 6.45) is 1.45. The summed E-state index contributed by atoms with van der Waals surface area (Å²) in [7, 11) is -0.928. The molecule has 1 N–H and O–H groups in total. The number of hydrogen-bond donors (Lipinski definition) is 1. The molecule has 0 saturated heterocycles. The fourth-order valence-corrected chi connectivity index (χ4v) is 0.827. The van der Waals surface area contributed by atoms with Gasteiger partial charge in [-0.2, -0.15) is 5.26 Å². The minimum absolute atomic E-state index is 0.0624. The molecular weight excluding hydrogens is 176 g/mol. The molecule has 0 aromatic rings. The summed E-state index contributed by atoms with van der Waals surface area (Å²) in [4.78, 5) is 10.7. The summed E-state index contributed by atoms with van der Waals surface area (Å²) < 4.78 is 10.8. The Morgan fingerprint density at radius 3 is 2.75 bits per heavy atom. The highest BCUT2D eigenvalue weighted by Gasteiger charge is 2.07. The lowest BCUT2D eigenvalue weighted by atomic mass is 10.4. The van der Waals surface area contributed by atoms with Gasteiger partial charge >= 0.3 is 0 Å². The Kier molecular flexibility index (Phi) is 5.30. The summed E-state index contributed by atoms with van der Waals surface area (Å²) in [5.41, 5.74) is 0. The fourth-order valence-electron chi connectivity index (χ4n) is 0.509. The molecule has 5 heteroatoms. The Balaban J connectivity index is 3.63. The third-order valence-corrected chi connectivity index (χ3v) is 2.69. The lowest BCUT2D eigenvalue weighted by molar-refractivity contribution is -0.120. The Morgan fingerprint density at radius 2 is 2.33 bits per heavy atom. The smallest absolute Gasteiger partial charge is 0.234 e. The van der Waals surface area contributed by atoms with Gasteiger partial charge in [0.25, 0.3) is 0 Å². The topological polar surface area (TPSA) is 70.0 Å². The van der Waals surface area contributed by atoms with Crippen LogP contribution in [0.25, 0.3) is 0 Å². The van der Waals surface area contributed by atoms with E-state index in [1.54, 1.807) is 19.2 Å². The van der Waals surface area contributed by atoms with E-state index in [-0.39, 0.29) is 17.6 Å². The first-order valence-corrected chi connectivity index (χ1v) is 5.16. The van der Waals surface area contributed by atoms with Gasteiger partial charge in [-0.3, -0.25) is 9.00 Å². The number of carbonyl (C=O) groups excluding carboxylic acids is 1. The van der Waals surface area contributed by atoms with Crippen molar-refractivity contribution < 1.29 is 9.00 Å². The molecule has 0 aliphatic rings. The monoisotopic (exact) mass is 188 g/mol. The van der Waals surface area contributed by atoms with Crippen LogP contribution in [0.5, 0.6) is 0 Å². The molecule has 0 heterocycles. The van der Waals surface area contributed by atoms with Crippen molar-refractivity contribution in [3.63, 3.8) is 0 Å². The largest absolute Gasteiger partial charge is 0.354 e. The first-order chi connectivity index (χ1) is 5.57. The molecule has 68 valence electrons. The van der Waals surface area contributed by atoms with Gasteiger partial charge in [0.15, 0.2) is 0 Å². The molecule has 0 saturated carbocycles. The summed E-state index contributed by atoms with van der Waals surface area (Å²) in [5.74, 6) is -0.310. The molecule has 0 aromatic heterocycles. The quantitative estimate of drug-likeness (QED) is 0.663. The summed E-state index contributed by atoms with van der Waals surface area (Å²) >= 11 is 0. The van der Waals surface area contributed by atoms with E-state index in [2.05, 4.69) is 5.32 Å². The molecule has 0 radical (unpaired) electrons. The Labute approximate surface area is 74.4 Å². The normalized spacial score (nSPS) is 14.4. The Hall–Kier alpha value is -0.890. The van der Waals surface area contributed by atoms with Gasteiger partial charge < -0.3 is 5.32 Å². The van der Waals surface area contributed by atoms with Gasteiger partial charge in [0.2, 0.25) is 5.91 Å². The lowest BCUT2D eigenvalue weighted by Gasteiger charge is -2.07. The Bertz CT molecular complexity index is 222. The van der Waals surface area contributed by atoms with E-state index in [0.717, 1.165) is 0 Å². The summed E-state index contributed by atoms with van der Waals surface area (Å²) in [6, 6.07) is 1.73. The first kappa shape index (κ1) is 11.1. The van der Waals surface area contributed by atoms with E-state index < -0.39 is 10.8 Å². The average molecular weight is 188 g/mol. The number of rotatable bonds is 4. The molecule has 0 fully saturated rings. The van der Waals surface area contributed by atoms with Crippen LogP contribution < -0.4 is 5.32 Å². The van der Waals surface area contributed by atoms with Crippen LogP contribution in [0, 0.1) is 11.3 Å². The third kappa shape index (κ3) is 4.85. The van der Waals surface area contributed by atoms with E-state index in [1.165, 1.54) is 0 Å². The molecule has 0 aliphatic heterocycles. The van der Waals surface area contributed by atoms with Gasteiger partial charge in [-0.25, -0.2) is 0 Å². The van der Waals surface area contributed by atoms with Crippen molar-refractivity contribution >= 4 is 16.7 Å². The second-order valence-electron chi connectivity index (χ2n) is 2.45. The van der Waals surface area contributed by atoms with Crippen LogP contribution in [0.2, 0.25) is 0 Å². The molecule has 0 aromatic carbocycles. The molecule has 2 atom stereocenters. The van der Waals surface area contributed by atoms with Crippen molar-refractivity contribution in [3.8, 4) is 6.07 Å². The predicted molar refractivity (Wildman–Crippen MR) is 46.8 cm³/mol. The van der Waals surface area contributed by atoms with Crippen molar-refractivity contribution in [2.45, 2.75) is 18.6 Å². The van der Waals surface area contributed by atoms with Crippen molar-refractivity contribution in [1.82, 2.24) is 5.32 Å². The van der Waals surface area contributed by atoms with Crippen molar-refractivity contribution in [2.24, 2.45) is 0 Å². The van der Waals surface area contributed by atoms with Crippen LogP contribution in [0.3, 0.4) is 0 Å². The van der Waals surface area contributed by atoms with Crippen LogP contribution in [0.1, 0.15) is 13.3 Å². The van der Waals surface area contributed by atoms with Gasteiger partial charge in [-0.15, -0.1) is 0 Å². The van der Waals surface area contributed by atoms with Crippen LogP contribution in [0.4, 0.5) is 0 Å². The third-order valence-electron chi connectivity index (χ3n) is 1.39. The fraction of sp³-hybridized carbons (Fsp3) is 0.714. The molecule has 0 spiro atoms. The molecule has 1 amide bonds. The number of carbonyl (C=O) groups is 1. The minimum Gasteiger partial charge on any atom is -0.354 e. The maximum Gasteiger partial charge on any atom is 0.234 e. The number of nitrogens with zero attached hydrogens (tertiary/aromatic N) is 1. The highest BCUT2D eigenvalue weighted by atomic mass is 32.2. The lowest BCUT2D eigenvalue weighted by Crippen LogP contribution is -2.32. The zero-order valence-electron chi connectivity index (χ0n) is 7.16. The van der Waals surface area contributed by atoms with Crippen molar-refractivity contribution in [2.75, 3.05) is 12.8 Å². The Morgan fingerprint density at radius 1 is 1.75 bits per heavy atom. The van der Waals surface area contributed by atoms with Gasteiger partial charge in [0.1, 0.15) is 6.42 Å². The number of hydrogen-bond acceptors (Lipinski definition) is 3. The summed E-state index contributed by atoms with van der Waals surface area (Å²) in [5, 5.41) is 10.6. The molecule has 0 bridgehead atoms. The number of nitriles is 1. The van der Waals surface area contributed by atoms with E-state index in [9.17, 15) is 9.00 Å². The highest BCUT2D eigenvalue weighted by molar-refractivity contribution is 7.84. The van der Waals surface area contributed by atoms with Gasteiger partial charge in [0, 0.05) is 28.9 Å². The van der Waals surface area contributed by atoms with Crippen molar-refractivity contribution in [1.29, 1.82) is 5.26 Å². The molecule has 4 nitrogen and oxygen atoms in total. The van der Waals surface area contributed by atoms with Gasteiger partial charge in [-0.05, 0) is 6.92 Å². The standard InChI is InChI=1S/C7H12N2O2S/c1-6(12(2)11)5-9-7(10)3-4-8/h6H,3,5H2,1-2H3,(H,9,10). The van der Waals surface area contributed by atoms with Gasteiger partial charge in [0.05, 0.1) is 6.07 Å². The van der Waals surface area contributed by atoms with Crippen LogP contribution >= 0.6 is 0 Å². The molecule has 12 heavy (non-hydrogen) atoms. The SMILES string of the molecule is CC(CNC(=O)CC#N)S(C)=O. The first-order valence-electron chi connectivity index (χ1n) is 3.53. The number of amides is 1. The second kappa shape index (κ2) is 5.72. The summed E-state index contributed by atoms with van der Waals surface area (Å²) in [6.45, 7) is 2.15. The average Bonchev–Trinajstić information content (AvgIpc) is 2.00. The van der Waals surface area contributed by atoms with Gasteiger partial charge in [-0.1, -0.05) is 0 Å². The van der Waals surface area contributed by atoms with E-state index >= 15 is 0 Å². The molecular formula is C7H12N2O2S. The van der Waals surface area contributed by atoms with E-state index in [1.807, 2.05) is 0 Å². The van der Waals surface area contributed by atoms with Crippen molar-refractivity contribution in [3.05, 3.63) is 0 Å². The molecule has 0 rings (SSSR count). The second-order valence-corrected chi connectivity index (χ2v) is 4.25. The molecule has 2 unspecified atom stereocenters. The van der Waals surface area contributed by atoms with Crippen LogP contribution in [-0.2, 0) is 15.6 Å². The van der Waals surface area contributed by atoms with Crippen LogP contribution in [-0.4, -0.2) is 28.2 Å². The zero-order chi connectivity index (χ0) is 9.56. The van der Waals surface area contributed by atoms with E-state index in [4.69, 9.17) is 5.26 Å². The minimum atomic E-state index is -0.928. The molecule has 0 aliphatic carbocycles. The van der Waals surface area contributed by atoms with Crippen LogP contribution in [0.15, 0.2) is 0 Å². The maximum atomic E-state index is 10.8. The highest BCUT2D eigenvalue weighted by Crippen LogP contribution is 1.89. The maximum absolute atomic E-state index is 10.8. The van der Waals surface area contributed by atoms with E-state index in [0.29, 0.717) is 6.54 Å².